The third-order valence-corrected chi connectivity index (χ3v) is 9.79. The van der Waals surface area contributed by atoms with Gasteiger partial charge in [-0.1, -0.05) is 13.8 Å². The van der Waals surface area contributed by atoms with E-state index >= 15 is 0 Å². The van der Waals surface area contributed by atoms with Crippen molar-refractivity contribution in [3.63, 3.8) is 0 Å². The molecule has 5 saturated carbocycles. The summed E-state index contributed by atoms with van der Waals surface area (Å²) in [5, 5.41) is 11.2. The smallest absolute Gasteiger partial charge is 0.302 e. The summed E-state index contributed by atoms with van der Waals surface area (Å²) >= 11 is 0. The molecule has 0 aromatic heterocycles. The van der Waals surface area contributed by atoms with Gasteiger partial charge in [-0.2, -0.15) is 0 Å². The fourth-order valence-corrected chi connectivity index (χ4v) is 8.40. The van der Waals surface area contributed by atoms with Crippen molar-refractivity contribution in [2.45, 2.75) is 84.3 Å². The Kier molecular flexibility index (Phi) is 3.48. The van der Waals surface area contributed by atoms with Gasteiger partial charge in [0.05, 0.1) is 6.10 Å². The van der Waals surface area contributed by atoms with Crippen LogP contribution in [-0.4, -0.2) is 23.3 Å². The first-order chi connectivity index (χ1) is 11.9. The molecule has 0 bridgehead atoms. The van der Waals surface area contributed by atoms with Crippen molar-refractivity contribution in [3.8, 4) is 0 Å². The summed E-state index contributed by atoms with van der Waals surface area (Å²) in [6, 6.07) is 0. The van der Waals surface area contributed by atoms with Crippen molar-refractivity contribution in [2.24, 2.45) is 46.3 Å². The molecule has 0 radical (unpaired) electrons. The molecule has 0 spiro atoms. The van der Waals surface area contributed by atoms with Gasteiger partial charge in [0.25, 0.3) is 0 Å². The van der Waals surface area contributed by atoms with Gasteiger partial charge in [0.1, 0.15) is 6.10 Å². The first kappa shape index (κ1) is 16.6. The molecule has 5 aliphatic rings. The summed E-state index contributed by atoms with van der Waals surface area (Å²) < 4.78 is 5.75. The molecule has 140 valence electrons. The summed E-state index contributed by atoms with van der Waals surface area (Å²) in [6.07, 6.45) is 9.97. The van der Waals surface area contributed by atoms with Crippen LogP contribution in [0.25, 0.3) is 0 Å². The normalized spacial score (nSPS) is 59.2. The summed E-state index contributed by atoms with van der Waals surface area (Å²) in [5.74, 6) is 4.14. The zero-order valence-electron chi connectivity index (χ0n) is 16.0. The van der Waals surface area contributed by atoms with Crippen molar-refractivity contribution < 1.29 is 14.6 Å². The van der Waals surface area contributed by atoms with Crippen molar-refractivity contribution in [1.82, 2.24) is 0 Å². The highest BCUT2D eigenvalue weighted by Gasteiger charge is 2.66. The lowest BCUT2D eigenvalue weighted by atomic mass is 9.44. The van der Waals surface area contributed by atoms with E-state index in [0.29, 0.717) is 17.8 Å². The first-order valence-electron chi connectivity index (χ1n) is 10.7. The van der Waals surface area contributed by atoms with Crippen molar-refractivity contribution in [2.75, 3.05) is 0 Å². The summed E-state index contributed by atoms with van der Waals surface area (Å²) in [6.45, 7) is 6.38. The van der Waals surface area contributed by atoms with Crippen LogP contribution in [0.5, 0.6) is 0 Å². The van der Waals surface area contributed by atoms with Crippen molar-refractivity contribution >= 4 is 5.97 Å². The van der Waals surface area contributed by atoms with Gasteiger partial charge in [-0.05, 0) is 92.3 Å². The Hall–Kier alpha value is -0.570. The Morgan fingerprint density at radius 3 is 2.56 bits per heavy atom. The van der Waals surface area contributed by atoms with Crippen LogP contribution in [-0.2, 0) is 9.53 Å². The number of aliphatic hydroxyl groups excluding tert-OH is 1. The van der Waals surface area contributed by atoms with E-state index in [9.17, 15) is 9.90 Å². The van der Waals surface area contributed by atoms with Gasteiger partial charge >= 0.3 is 5.97 Å². The average Bonchev–Trinajstić information content (AvgIpc) is 3.26. The number of ether oxygens (including phenoxy) is 1. The Balaban J connectivity index is 1.44. The minimum atomic E-state index is -0.118. The third-order valence-electron chi connectivity index (χ3n) is 9.79. The molecule has 0 unspecified atom stereocenters. The molecule has 5 rings (SSSR count). The summed E-state index contributed by atoms with van der Waals surface area (Å²) in [4.78, 5) is 11.6. The second-order valence-corrected chi connectivity index (χ2v) is 10.6. The molecular formula is C22H34O3. The van der Waals surface area contributed by atoms with E-state index in [1.54, 1.807) is 6.92 Å². The molecule has 10 atom stereocenters. The minimum Gasteiger partial charge on any atom is -0.462 e. The summed E-state index contributed by atoms with van der Waals surface area (Å²) in [7, 11) is 0. The topological polar surface area (TPSA) is 46.5 Å². The molecule has 3 nitrogen and oxygen atoms in total. The largest absolute Gasteiger partial charge is 0.462 e. The molecule has 0 aromatic rings. The fraction of sp³-hybridized carbons (Fsp3) is 0.955. The highest BCUT2D eigenvalue weighted by Crippen LogP contribution is 2.70. The van der Waals surface area contributed by atoms with Crippen LogP contribution >= 0.6 is 0 Å². The van der Waals surface area contributed by atoms with Gasteiger partial charge in [-0.15, -0.1) is 0 Å². The van der Waals surface area contributed by atoms with E-state index in [4.69, 9.17) is 4.74 Å². The molecule has 0 amide bonds. The molecule has 5 aliphatic carbocycles. The van der Waals surface area contributed by atoms with Crippen LogP contribution in [0.4, 0.5) is 0 Å². The Labute approximate surface area is 151 Å². The predicted molar refractivity (Wildman–Crippen MR) is 95.7 cm³/mol. The van der Waals surface area contributed by atoms with Crippen LogP contribution in [0.15, 0.2) is 0 Å². The van der Waals surface area contributed by atoms with Crippen LogP contribution in [0.3, 0.4) is 0 Å². The monoisotopic (exact) mass is 346 g/mol. The maximum atomic E-state index is 11.6. The van der Waals surface area contributed by atoms with E-state index < -0.39 is 0 Å². The lowest BCUT2D eigenvalue weighted by Gasteiger charge is -2.61. The molecule has 5 fully saturated rings. The molecule has 0 aliphatic heterocycles. The van der Waals surface area contributed by atoms with E-state index in [2.05, 4.69) is 13.8 Å². The second-order valence-electron chi connectivity index (χ2n) is 10.6. The number of carbonyl (C=O) groups excluding carboxylic acids is 1. The van der Waals surface area contributed by atoms with Crippen molar-refractivity contribution in [1.29, 1.82) is 0 Å². The second kappa shape index (κ2) is 5.24. The minimum absolute atomic E-state index is 0.0703. The number of hydrogen-bond donors (Lipinski definition) is 1. The van der Waals surface area contributed by atoms with Gasteiger partial charge in [0.15, 0.2) is 0 Å². The molecule has 25 heavy (non-hydrogen) atoms. The van der Waals surface area contributed by atoms with Gasteiger partial charge in [0.2, 0.25) is 0 Å². The quantitative estimate of drug-likeness (QED) is 0.725. The fourth-order valence-electron chi connectivity index (χ4n) is 8.40. The Morgan fingerprint density at radius 2 is 1.80 bits per heavy atom. The molecule has 3 heteroatoms. The van der Waals surface area contributed by atoms with Crippen molar-refractivity contribution in [3.05, 3.63) is 0 Å². The Bertz CT molecular complexity index is 588. The van der Waals surface area contributed by atoms with Crippen LogP contribution < -0.4 is 0 Å². The lowest BCUT2D eigenvalue weighted by molar-refractivity contribution is -0.178. The number of esters is 1. The van der Waals surface area contributed by atoms with Gasteiger partial charge in [0, 0.05) is 12.3 Å². The van der Waals surface area contributed by atoms with Gasteiger partial charge < -0.3 is 9.84 Å². The third kappa shape index (κ3) is 2.11. The van der Waals surface area contributed by atoms with Crippen LogP contribution in [0.2, 0.25) is 0 Å². The highest BCUT2D eigenvalue weighted by atomic mass is 16.5. The number of rotatable bonds is 1. The maximum Gasteiger partial charge on any atom is 0.302 e. The lowest BCUT2D eigenvalue weighted by Crippen LogP contribution is -2.58. The number of hydrogen-bond acceptors (Lipinski definition) is 3. The SMILES string of the molecule is CC(=O)O[C@@H]1CC[C@H]2[C@@H]3CC[C@H]4C[C@@H]5C[C@@H]5[C@H](O)[C@]4(C)[C@H]3CC[C@]12C. The van der Waals surface area contributed by atoms with Gasteiger partial charge in [-0.3, -0.25) is 4.79 Å². The number of fused-ring (bicyclic) bond motifs is 6. The maximum absolute atomic E-state index is 11.6. The standard InChI is InChI=1S/C22H34O3/c1-12(23)25-19-7-6-17-15-5-4-14-10-13-11-16(13)20(24)22(14,3)18(15)8-9-21(17,19)2/h13-20,24H,4-11H2,1-3H3/t13-,14+,15+,16+,17+,18+,19-,20+,21+,22+/m1/s1. The Morgan fingerprint density at radius 1 is 1.00 bits per heavy atom. The number of carbonyl (C=O) groups is 1. The molecule has 0 saturated heterocycles. The van der Waals surface area contributed by atoms with E-state index in [1.807, 2.05) is 0 Å². The zero-order valence-corrected chi connectivity index (χ0v) is 16.0. The van der Waals surface area contributed by atoms with Crippen LogP contribution in [0, 0.1) is 46.3 Å². The molecule has 0 aromatic carbocycles. The summed E-state index contributed by atoms with van der Waals surface area (Å²) in [5.41, 5.74) is 0.305. The molecule has 1 N–H and O–H groups in total. The number of aliphatic hydroxyl groups is 1. The average molecular weight is 347 g/mol. The van der Waals surface area contributed by atoms with Crippen LogP contribution in [0.1, 0.15) is 72.1 Å². The van der Waals surface area contributed by atoms with E-state index in [-0.39, 0.29) is 29.0 Å². The molecular weight excluding hydrogens is 312 g/mol. The zero-order chi connectivity index (χ0) is 17.6. The van der Waals surface area contributed by atoms with Gasteiger partial charge in [-0.25, -0.2) is 0 Å². The molecule has 0 heterocycles. The van der Waals surface area contributed by atoms with E-state index in [1.165, 1.54) is 44.9 Å². The van der Waals surface area contributed by atoms with E-state index in [0.717, 1.165) is 24.2 Å². The predicted octanol–water partition coefficient (Wildman–Crippen LogP) is 4.18. The highest BCUT2D eigenvalue weighted by molar-refractivity contribution is 5.66. The first-order valence-corrected chi connectivity index (χ1v) is 10.7.